The molecule has 2 aliphatic heterocycles. The van der Waals surface area contributed by atoms with E-state index < -0.39 is 44.8 Å². The molecule has 2 atom stereocenters. The number of piperazine rings is 1. The minimum Gasteiger partial charge on any atom is -0.397 e. The Labute approximate surface area is 285 Å². The van der Waals surface area contributed by atoms with E-state index in [1.165, 1.54) is 12.4 Å². The van der Waals surface area contributed by atoms with E-state index in [-0.39, 0.29) is 82.4 Å². The number of amides is 1. The van der Waals surface area contributed by atoms with Gasteiger partial charge in [-0.25, -0.2) is 23.1 Å². The second kappa shape index (κ2) is 12.3. The van der Waals surface area contributed by atoms with Gasteiger partial charge >= 0.3 is 0 Å². The van der Waals surface area contributed by atoms with E-state index in [9.17, 15) is 9.59 Å². The first-order valence-corrected chi connectivity index (χ1v) is 16.3. The van der Waals surface area contributed by atoms with Gasteiger partial charge < -0.3 is 20.9 Å². The molecular formula is C34H34Cl2F3N7O2. The molecule has 6 rings (SSSR count). The largest absolute Gasteiger partial charge is 0.397 e. The summed E-state index contributed by atoms with van der Waals surface area (Å²) in [5, 5.41) is 2.55. The van der Waals surface area contributed by atoms with E-state index >= 15 is 13.2 Å². The Balaban J connectivity index is 1.79. The first kappa shape index (κ1) is 33.6. The fourth-order valence-corrected chi connectivity index (χ4v) is 7.29. The normalized spacial score (nSPS) is 17.5. The molecule has 0 aliphatic carbocycles. The molecule has 0 bridgehead atoms. The molecule has 3 N–H and O–H groups in total. The third-order valence-electron chi connectivity index (χ3n) is 9.08. The van der Waals surface area contributed by atoms with Crippen molar-refractivity contribution in [1.82, 2.24) is 19.4 Å². The smallest absolute Gasteiger partial charge is 0.281 e. The summed E-state index contributed by atoms with van der Waals surface area (Å²) in [5.74, 6) is -4.30. The number of pyridine rings is 1. The highest BCUT2D eigenvalue weighted by Gasteiger charge is 2.40. The molecule has 252 valence electrons. The average Bonchev–Trinajstić information content (AvgIpc) is 3.04. The quantitative estimate of drug-likeness (QED) is 0.131. The first-order chi connectivity index (χ1) is 22.7. The van der Waals surface area contributed by atoms with Gasteiger partial charge in [-0.1, -0.05) is 57.5 Å². The van der Waals surface area contributed by atoms with Crippen molar-refractivity contribution in [2.45, 2.75) is 58.5 Å². The predicted octanol–water partition coefficient (Wildman–Crippen LogP) is 7.02. The van der Waals surface area contributed by atoms with E-state index in [1.807, 2.05) is 39.5 Å². The fourth-order valence-electron chi connectivity index (χ4n) is 6.82. The van der Waals surface area contributed by atoms with Gasteiger partial charge in [0.1, 0.15) is 17.8 Å². The Morgan fingerprint density at radius 3 is 2.27 bits per heavy atom. The third kappa shape index (κ3) is 5.07. The molecule has 2 aromatic carbocycles. The number of hydrogen-bond acceptors (Lipinski definition) is 7. The summed E-state index contributed by atoms with van der Waals surface area (Å²) >= 11 is 12.3. The Morgan fingerprint density at radius 2 is 1.67 bits per heavy atom. The number of carbonyl (C=O) groups is 1. The molecule has 4 aromatic rings. The van der Waals surface area contributed by atoms with Crippen LogP contribution in [0, 0.1) is 17.5 Å². The lowest BCUT2D eigenvalue weighted by Crippen LogP contribution is -2.62. The average molecular weight is 701 g/mol. The highest BCUT2D eigenvalue weighted by atomic mass is 35.5. The lowest BCUT2D eigenvalue weighted by atomic mass is 9.95. The molecule has 0 saturated carbocycles. The number of carbonyl (C=O) groups excluding carboxylic acids is 1. The van der Waals surface area contributed by atoms with Crippen molar-refractivity contribution in [1.29, 1.82) is 0 Å². The van der Waals surface area contributed by atoms with E-state index in [4.69, 9.17) is 28.9 Å². The second-order valence-corrected chi connectivity index (χ2v) is 13.6. The summed E-state index contributed by atoms with van der Waals surface area (Å²) in [6.45, 7) is 13.8. The molecule has 1 saturated heterocycles. The van der Waals surface area contributed by atoms with Crippen molar-refractivity contribution in [3.8, 4) is 16.8 Å². The van der Waals surface area contributed by atoms with Crippen LogP contribution < -0.4 is 21.5 Å². The Kier molecular flexibility index (Phi) is 8.61. The van der Waals surface area contributed by atoms with Crippen LogP contribution in [-0.4, -0.2) is 57.1 Å². The number of nitrogens with one attached hydrogen (secondary N) is 1. The fraction of sp³-hybridized carbons (Fsp3) is 0.353. The molecule has 1 amide bonds. The van der Waals surface area contributed by atoms with Crippen molar-refractivity contribution < 1.29 is 18.0 Å². The van der Waals surface area contributed by atoms with Crippen molar-refractivity contribution >= 4 is 57.1 Å². The van der Waals surface area contributed by atoms with E-state index in [0.717, 1.165) is 16.7 Å². The van der Waals surface area contributed by atoms with Crippen molar-refractivity contribution in [2.75, 3.05) is 35.6 Å². The summed E-state index contributed by atoms with van der Waals surface area (Å²) in [6, 6.07) is 1.45. The SMILES string of the molecule is C=CC(=O)N1CC2CNc3c(c4cc(F)c(-c5c(N)c(Cl)cc(Cl)c5F)c(F)c4n(-c4c(C(C)C)ncnc4C(C)C)c3=O)N2CC1C. The molecule has 9 nitrogen and oxygen atoms in total. The maximum absolute atomic E-state index is 17.5. The third-order valence-corrected chi connectivity index (χ3v) is 9.67. The number of aromatic nitrogens is 3. The van der Waals surface area contributed by atoms with E-state index in [2.05, 4.69) is 21.9 Å². The van der Waals surface area contributed by atoms with Gasteiger partial charge in [-0.3, -0.25) is 14.2 Å². The number of benzene rings is 2. The molecule has 48 heavy (non-hydrogen) atoms. The first-order valence-electron chi connectivity index (χ1n) is 15.5. The second-order valence-electron chi connectivity index (χ2n) is 12.8. The topological polar surface area (TPSA) is 109 Å². The van der Waals surface area contributed by atoms with Crippen LogP contribution in [0.2, 0.25) is 10.0 Å². The highest BCUT2D eigenvalue weighted by Crippen LogP contribution is 2.46. The highest BCUT2D eigenvalue weighted by molar-refractivity contribution is 6.37. The molecule has 4 heterocycles. The van der Waals surface area contributed by atoms with Crippen LogP contribution in [0.1, 0.15) is 57.8 Å². The van der Waals surface area contributed by atoms with Crippen LogP contribution in [0.3, 0.4) is 0 Å². The van der Waals surface area contributed by atoms with Crippen molar-refractivity contribution in [3.05, 3.63) is 80.4 Å². The van der Waals surface area contributed by atoms with Crippen LogP contribution in [0.15, 0.2) is 35.9 Å². The molecule has 2 unspecified atom stereocenters. The zero-order valence-corrected chi connectivity index (χ0v) is 28.5. The van der Waals surface area contributed by atoms with E-state index in [1.54, 1.807) is 4.90 Å². The Hall–Kier alpha value is -4.29. The number of nitrogen functional groups attached to an aromatic ring is 1. The van der Waals surface area contributed by atoms with Gasteiger partial charge in [-0.05, 0) is 37.0 Å². The molecule has 1 fully saturated rings. The maximum Gasteiger partial charge on any atom is 0.281 e. The number of hydrogen-bond donors (Lipinski definition) is 2. The summed E-state index contributed by atoms with van der Waals surface area (Å²) in [4.78, 5) is 40.0. The van der Waals surface area contributed by atoms with Gasteiger partial charge in [0.15, 0.2) is 11.6 Å². The van der Waals surface area contributed by atoms with Crippen LogP contribution in [-0.2, 0) is 4.79 Å². The minimum atomic E-state index is -1.25. The van der Waals surface area contributed by atoms with Crippen molar-refractivity contribution in [3.63, 3.8) is 0 Å². The lowest BCUT2D eigenvalue weighted by Gasteiger charge is -2.49. The standard InChI is InChI=1S/C34H34Cl2F3N7O2/c1-7-22(47)44-12-17-10-41-30-32(45(17)11-16(44)6)18-8-21(37)23(24-25(38)19(35)9-20(36)27(24)40)26(39)31(18)46(34(30)48)33-28(14(2)3)42-13-43-29(33)15(4)5/h7-9,13-17,41H,1,10-12,40H2,2-6H3. The predicted molar refractivity (Wildman–Crippen MR) is 184 cm³/mol. The zero-order valence-electron chi connectivity index (χ0n) is 27.0. The van der Waals surface area contributed by atoms with Gasteiger partial charge in [0.05, 0.1) is 55.6 Å². The lowest BCUT2D eigenvalue weighted by molar-refractivity contribution is -0.128. The van der Waals surface area contributed by atoms with Crippen LogP contribution in [0.4, 0.5) is 30.2 Å². The number of anilines is 3. The summed E-state index contributed by atoms with van der Waals surface area (Å²) < 4.78 is 50.7. The monoisotopic (exact) mass is 699 g/mol. The van der Waals surface area contributed by atoms with Crippen molar-refractivity contribution in [2.24, 2.45) is 0 Å². The van der Waals surface area contributed by atoms with Crippen LogP contribution in [0.5, 0.6) is 0 Å². The number of fused-ring (bicyclic) bond motifs is 5. The molecule has 0 radical (unpaired) electrons. The minimum absolute atomic E-state index is 0.0385. The molecule has 14 heteroatoms. The Morgan fingerprint density at radius 1 is 1.02 bits per heavy atom. The van der Waals surface area contributed by atoms with Gasteiger partial charge in [-0.15, -0.1) is 0 Å². The summed E-state index contributed by atoms with van der Waals surface area (Å²) in [7, 11) is 0. The number of nitrogens with zero attached hydrogens (tertiary/aromatic N) is 5. The number of rotatable bonds is 5. The van der Waals surface area contributed by atoms with Crippen LogP contribution in [0.25, 0.3) is 27.7 Å². The summed E-state index contributed by atoms with van der Waals surface area (Å²) in [5.41, 5.74) is 4.77. The summed E-state index contributed by atoms with van der Waals surface area (Å²) in [6.07, 6.45) is 2.63. The zero-order chi connectivity index (χ0) is 34.9. The van der Waals surface area contributed by atoms with Gasteiger partial charge in [0, 0.05) is 36.6 Å². The number of halogens is 5. The molecule has 2 aromatic heterocycles. The van der Waals surface area contributed by atoms with E-state index in [0.29, 0.717) is 11.4 Å². The van der Waals surface area contributed by atoms with Gasteiger partial charge in [0.25, 0.3) is 5.56 Å². The van der Waals surface area contributed by atoms with Gasteiger partial charge in [-0.2, -0.15) is 0 Å². The molecule has 2 aliphatic rings. The maximum atomic E-state index is 17.5. The number of nitrogens with two attached hydrogens (primary N) is 1. The Bertz CT molecular complexity index is 2030. The van der Waals surface area contributed by atoms with Crippen LogP contribution >= 0.6 is 23.2 Å². The molecular weight excluding hydrogens is 666 g/mol. The molecule has 0 spiro atoms. The van der Waals surface area contributed by atoms with Gasteiger partial charge in [0.2, 0.25) is 5.91 Å².